The van der Waals surface area contributed by atoms with Gasteiger partial charge in [-0.3, -0.25) is 23.6 Å². The van der Waals surface area contributed by atoms with Gasteiger partial charge in [0.15, 0.2) is 0 Å². The van der Waals surface area contributed by atoms with Crippen molar-refractivity contribution in [2.75, 3.05) is 212 Å². The molecule has 0 aliphatic heterocycles. The van der Waals surface area contributed by atoms with Gasteiger partial charge in [0.05, 0.1) is 231 Å². The second-order valence-corrected chi connectivity index (χ2v) is 13.2. The summed E-state index contributed by atoms with van der Waals surface area (Å²) in [5.41, 5.74) is 4.31. The van der Waals surface area contributed by atoms with Gasteiger partial charge >= 0.3 is 23.9 Å². The summed E-state index contributed by atoms with van der Waals surface area (Å²) in [6.45, 7) is 11.2. The van der Waals surface area contributed by atoms with E-state index in [2.05, 4.69) is 0 Å². The number of carbonyl (C=O) groups is 4. The summed E-state index contributed by atoms with van der Waals surface area (Å²) < 4.78 is 95.7. The molecule has 0 aliphatic rings. The highest BCUT2D eigenvalue weighted by Gasteiger charge is 2.33. The third-order valence-electron chi connectivity index (χ3n) is 7.52. The molecular formula is C41H80FNO23. The summed E-state index contributed by atoms with van der Waals surface area (Å²) in [6.07, 6.45) is -0.962. The van der Waals surface area contributed by atoms with E-state index in [9.17, 15) is 23.6 Å². The van der Waals surface area contributed by atoms with Crippen molar-refractivity contribution in [2.24, 2.45) is 11.1 Å². The van der Waals surface area contributed by atoms with Crippen LogP contribution in [-0.2, 0) is 90.2 Å². The number of hydrogen-bond donors (Lipinski definition) is 5. The van der Waals surface area contributed by atoms with Crippen LogP contribution in [-0.4, -0.2) is 257 Å². The number of alkyl halides is 1. The highest BCUT2D eigenvalue weighted by Crippen LogP contribution is 2.21. The molecule has 6 N–H and O–H groups in total. The highest BCUT2D eigenvalue weighted by atomic mass is 19.1. The molecule has 0 fully saturated rings. The molecule has 0 saturated carbocycles. The number of methoxy groups -OCH3 is 1. The van der Waals surface area contributed by atoms with Crippen LogP contribution < -0.4 is 5.73 Å². The molecule has 0 amide bonds. The van der Waals surface area contributed by atoms with Gasteiger partial charge in [-0.15, -0.1) is 0 Å². The Morgan fingerprint density at radius 1 is 0.379 bits per heavy atom. The fourth-order valence-corrected chi connectivity index (χ4v) is 4.35. The Morgan fingerprint density at radius 2 is 0.561 bits per heavy atom. The van der Waals surface area contributed by atoms with Gasteiger partial charge in [0.1, 0.15) is 0 Å². The molecule has 394 valence electrons. The van der Waals surface area contributed by atoms with Gasteiger partial charge < -0.3 is 97.2 Å². The van der Waals surface area contributed by atoms with Crippen LogP contribution in [0.2, 0.25) is 0 Å². The molecule has 0 aromatic rings. The summed E-state index contributed by atoms with van der Waals surface area (Å²) in [7, 11) is 0.645. The van der Waals surface area contributed by atoms with Crippen molar-refractivity contribution in [2.45, 2.75) is 25.7 Å². The van der Waals surface area contributed by atoms with Crippen molar-refractivity contribution in [3.63, 3.8) is 0 Å². The van der Waals surface area contributed by atoms with Crippen molar-refractivity contribution >= 4 is 23.9 Å². The quantitative estimate of drug-likeness (QED) is 0.0511. The molecule has 25 heteroatoms. The lowest BCUT2D eigenvalue weighted by atomic mass is 9.92. The first-order valence-electron chi connectivity index (χ1n) is 22.2. The number of carboxylic acids is 4. The summed E-state index contributed by atoms with van der Waals surface area (Å²) in [5.74, 6) is -4.21. The molecule has 0 bridgehead atoms. The minimum Gasteiger partial charge on any atom is -0.481 e. The lowest BCUT2D eigenvalue weighted by molar-refractivity contribution is -0.142. The zero-order chi connectivity index (χ0) is 50.2. The molecule has 0 aromatic heterocycles. The number of halogens is 1. The lowest BCUT2D eigenvalue weighted by Crippen LogP contribution is -2.42. The molecule has 24 nitrogen and oxygen atoms in total. The summed E-state index contributed by atoms with van der Waals surface area (Å²) >= 11 is 0. The van der Waals surface area contributed by atoms with E-state index in [0.29, 0.717) is 145 Å². The van der Waals surface area contributed by atoms with Crippen molar-refractivity contribution in [3.8, 4) is 0 Å². The zero-order valence-corrected chi connectivity index (χ0v) is 38.7. The monoisotopic (exact) mass is 975 g/mol. The van der Waals surface area contributed by atoms with Gasteiger partial charge in [-0.25, -0.2) is 0 Å². The van der Waals surface area contributed by atoms with Gasteiger partial charge in [0.25, 0.3) is 0 Å². The molecule has 0 spiro atoms. The van der Waals surface area contributed by atoms with Gasteiger partial charge in [0.2, 0.25) is 0 Å². The van der Waals surface area contributed by atoms with E-state index in [1.807, 2.05) is 0 Å². The van der Waals surface area contributed by atoms with Crippen LogP contribution in [0.5, 0.6) is 0 Å². The van der Waals surface area contributed by atoms with E-state index in [4.69, 9.17) is 98.6 Å². The van der Waals surface area contributed by atoms with E-state index in [-0.39, 0.29) is 78.5 Å². The Morgan fingerprint density at radius 3 is 0.727 bits per heavy atom. The minimum atomic E-state index is -1.05. The maximum absolute atomic E-state index is 10.6. The number of ether oxygens (including phenoxy) is 15. The standard InChI is InChI=1S/C23H49NO11.C17H28O12.CH3F/c1-25-4-5-27-8-9-29-12-13-31-16-17-33-20-21-35-23-22-34-19-18-32-15-14-30-11-10-28-7-6-26-3-2-24;18-13(19)1-5-26-9-17(10-27-6-2-14(20)21,11-28-7-3-15(22)23)12-29-8-4-16(24)25;1-2/h2-24H2,1H3;1-12H2,(H,18,19)(H,20,21)(H,22,23)(H,24,25);1H3/i;;1D. The molecule has 0 saturated heterocycles. The molecular weight excluding hydrogens is 893 g/mol. The first-order chi connectivity index (χ1) is 32.5. The second-order valence-electron chi connectivity index (χ2n) is 13.2. The molecule has 0 atom stereocenters. The van der Waals surface area contributed by atoms with Gasteiger partial charge in [-0.1, -0.05) is 0 Å². The fourth-order valence-electron chi connectivity index (χ4n) is 4.35. The molecule has 0 unspecified atom stereocenters. The summed E-state index contributed by atoms with van der Waals surface area (Å²) in [4.78, 5) is 42.5. The normalized spacial score (nSPS) is 11.3. The van der Waals surface area contributed by atoms with Crippen LogP contribution in [0.3, 0.4) is 0 Å². The summed E-state index contributed by atoms with van der Waals surface area (Å²) in [6, 6.07) is 0. The van der Waals surface area contributed by atoms with E-state index < -0.39 is 36.4 Å². The van der Waals surface area contributed by atoms with Crippen LogP contribution in [0.15, 0.2) is 0 Å². The molecule has 0 heterocycles. The predicted molar refractivity (Wildman–Crippen MR) is 231 cm³/mol. The topological polar surface area (TPSA) is 314 Å². The van der Waals surface area contributed by atoms with E-state index in [0.717, 1.165) is 0 Å². The van der Waals surface area contributed by atoms with Crippen molar-refractivity contribution in [1.82, 2.24) is 0 Å². The Balaban J connectivity index is -0.00000117. The second kappa shape index (κ2) is 56.5. The fraction of sp³-hybridized carbons (Fsp3) is 0.902. The highest BCUT2D eigenvalue weighted by molar-refractivity contribution is 5.67. The summed E-state index contributed by atoms with van der Waals surface area (Å²) in [5, 5.41) is 34.8. The first-order valence-corrected chi connectivity index (χ1v) is 21.5. The maximum Gasteiger partial charge on any atom is 0.305 e. The maximum atomic E-state index is 10.6. The third-order valence-corrected chi connectivity index (χ3v) is 7.52. The molecule has 0 aliphatic carbocycles. The Bertz CT molecular complexity index is 951. The number of carboxylic acid groups (broad SMARTS) is 4. The van der Waals surface area contributed by atoms with Crippen molar-refractivity contribution in [3.05, 3.63) is 0 Å². The first kappa shape index (κ1) is 65.3. The van der Waals surface area contributed by atoms with Gasteiger partial charge in [0, 0.05) is 13.7 Å². The van der Waals surface area contributed by atoms with Gasteiger partial charge in [-0.2, -0.15) is 0 Å². The zero-order valence-electron chi connectivity index (χ0n) is 39.7. The number of rotatable bonds is 52. The molecule has 0 aromatic carbocycles. The van der Waals surface area contributed by atoms with Gasteiger partial charge in [-0.05, 0) is 0 Å². The average Bonchev–Trinajstić information content (AvgIpc) is 3.29. The van der Waals surface area contributed by atoms with Crippen molar-refractivity contribution < 1.29 is 116 Å². The average molecular weight is 975 g/mol. The van der Waals surface area contributed by atoms with Crippen LogP contribution in [0.4, 0.5) is 4.39 Å². The Kier molecular flexibility index (Phi) is 55.9. The van der Waals surface area contributed by atoms with E-state index in [1.54, 1.807) is 7.11 Å². The van der Waals surface area contributed by atoms with E-state index in [1.165, 1.54) is 0 Å². The third kappa shape index (κ3) is 59.2. The number of hydrogen-bond acceptors (Lipinski definition) is 20. The Hall–Kier alpha value is -2.83. The van der Waals surface area contributed by atoms with E-state index >= 15 is 0 Å². The molecule has 66 heavy (non-hydrogen) atoms. The largest absolute Gasteiger partial charge is 0.481 e. The SMILES string of the molecule is COCCOCCOCCOCCOCCOCCOCCOCCOCCOCCOCCN.O=C(O)CCOCC(COCCC(=O)O)(COCCC(=O)O)COCCC(=O)O.[2H]CF. The Labute approximate surface area is 389 Å². The van der Waals surface area contributed by atoms with Crippen LogP contribution in [0, 0.1) is 5.41 Å². The van der Waals surface area contributed by atoms with Crippen molar-refractivity contribution in [1.29, 1.82) is 0 Å². The van der Waals surface area contributed by atoms with Crippen LogP contribution >= 0.6 is 0 Å². The smallest absolute Gasteiger partial charge is 0.305 e. The number of nitrogens with two attached hydrogens (primary N) is 1. The minimum absolute atomic E-state index is 0.0759. The predicted octanol–water partition coefficient (Wildman–Crippen LogP) is 0.281. The van der Waals surface area contributed by atoms with Crippen LogP contribution in [0.1, 0.15) is 27.1 Å². The lowest BCUT2D eigenvalue weighted by Gasteiger charge is -2.33. The molecule has 0 radical (unpaired) electrons. The number of aliphatic carboxylic acids is 4. The van der Waals surface area contributed by atoms with Crippen LogP contribution in [0.25, 0.3) is 0 Å². The molecule has 0 rings (SSSR count).